The first-order valence-corrected chi connectivity index (χ1v) is 7.30. The molecule has 6 heteroatoms. The number of halogens is 1. The summed E-state index contributed by atoms with van der Waals surface area (Å²) in [5.74, 6) is -1.43. The van der Waals surface area contributed by atoms with Gasteiger partial charge in [0.2, 0.25) is 5.88 Å². The number of hydrogen-bond acceptors (Lipinski definition) is 5. The number of carbonyl (C=O) groups is 2. The summed E-state index contributed by atoms with van der Waals surface area (Å²) in [6, 6.07) is 5.63. The first kappa shape index (κ1) is 15.3. The van der Waals surface area contributed by atoms with Crippen LogP contribution >= 0.6 is 0 Å². The van der Waals surface area contributed by atoms with Gasteiger partial charge in [-0.25, -0.2) is 9.18 Å². The summed E-state index contributed by atoms with van der Waals surface area (Å²) >= 11 is 0. The van der Waals surface area contributed by atoms with Crippen molar-refractivity contribution in [2.45, 2.75) is 25.2 Å². The van der Waals surface area contributed by atoms with Gasteiger partial charge < -0.3 is 15.2 Å². The van der Waals surface area contributed by atoms with E-state index < -0.39 is 17.7 Å². The molecule has 0 saturated carbocycles. The maximum absolute atomic E-state index is 13.2. The summed E-state index contributed by atoms with van der Waals surface area (Å²) in [6.07, 6.45) is 1.64. The van der Waals surface area contributed by atoms with Crippen molar-refractivity contribution in [1.29, 1.82) is 0 Å². The second kappa shape index (κ2) is 5.87. The number of rotatable bonds is 2. The van der Waals surface area contributed by atoms with Crippen molar-refractivity contribution >= 4 is 11.8 Å². The minimum Gasteiger partial charge on any atom is -0.465 e. The Morgan fingerprint density at radius 2 is 2.00 bits per heavy atom. The molecule has 1 heterocycles. The van der Waals surface area contributed by atoms with Crippen LogP contribution in [0.2, 0.25) is 0 Å². The zero-order valence-corrected chi connectivity index (χ0v) is 12.6. The number of esters is 1. The number of allylic oxidation sites excluding steroid dienone is 2. The SMILES string of the molecule is COC(=O)C1=C(N)OC2=C(C(=O)CCC2)[C@@H]1c1ccc(F)cc1. The third-order valence-corrected chi connectivity index (χ3v) is 4.09. The largest absolute Gasteiger partial charge is 0.465 e. The van der Waals surface area contributed by atoms with Crippen molar-refractivity contribution in [1.82, 2.24) is 0 Å². The lowest BCUT2D eigenvalue weighted by atomic mass is 9.77. The van der Waals surface area contributed by atoms with Gasteiger partial charge in [-0.2, -0.15) is 0 Å². The highest BCUT2D eigenvalue weighted by Gasteiger charge is 2.40. The van der Waals surface area contributed by atoms with E-state index in [-0.39, 0.29) is 17.2 Å². The second-order valence-corrected chi connectivity index (χ2v) is 5.47. The molecule has 0 saturated heterocycles. The molecule has 0 bridgehead atoms. The van der Waals surface area contributed by atoms with E-state index in [1.807, 2.05) is 0 Å². The van der Waals surface area contributed by atoms with E-state index in [0.717, 1.165) is 0 Å². The Hall–Kier alpha value is -2.63. The van der Waals surface area contributed by atoms with Gasteiger partial charge >= 0.3 is 5.97 Å². The zero-order chi connectivity index (χ0) is 16.6. The number of carbonyl (C=O) groups excluding carboxylic acids is 2. The van der Waals surface area contributed by atoms with Gasteiger partial charge in [-0.15, -0.1) is 0 Å². The van der Waals surface area contributed by atoms with Crippen molar-refractivity contribution in [3.63, 3.8) is 0 Å². The molecule has 1 aromatic rings. The minimum atomic E-state index is -0.695. The van der Waals surface area contributed by atoms with Crippen LogP contribution < -0.4 is 5.73 Å². The van der Waals surface area contributed by atoms with E-state index in [9.17, 15) is 14.0 Å². The van der Waals surface area contributed by atoms with Gasteiger partial charge in [-0.05, 0) is 24.1 Å². The van der Waals surface area contributed by atoms with Gasteiger partial charge in [0, 0.05) is 18.4 Å². The fourth-order valence-electron chi connectivity index (χ4n) is 3.05. The zero-order valence-electron chi connectivity index (χ0n) is 12.6. The Morgan fingerprint density at radius 1 is 1.30 bits per heavy atom. The predicted molar refractivity (Wildman–Crippen MR) is 79.3 cm³/mol. The molecular weight excluding hydrogens is 301 g/mol. The lowest BCUT2D eigenvalue weighted by molar-refractivity contribution is -0.136. The summed E-state index contributed by atoms with van der Waals surface area (Å²) in [5, 5.41) is 0. The molecule has 0 amide bonds. The van der Waals surface area contributed by atoms with Crippen LogP contribution in [-0.2, 0) is 19.1 Å². The van der Waals surface area contributed by atoms with E-state index in [1.165, 1.54) is 31.4 Å². The summed E-state index contributed by atoms with van der Waals surface area (Å²) in [4.78, 5) is 24.6. The lowest BCUT2D eigenvalue weighted by Gasteiger charge is -2.32. The molecule has 1 aliphatic carbocycles. The number of Topliss-reactive ketones (excluding diaryl/α,β-unsaturated/α-hetero) is 1. The molecule has 1 aliphatic heterocycles. The molecule has 3 rings (SSSR count). The van der Waals surface area contributed by atoms with Crippen LogP contribution in [0.25, 0.3) is 0 Å². The van der Waals surface area contributed by atoms with E-state index in [1.54, 1.807) is 0 Å². The highest BCUT2D eigenvalue weighted by Crippen LogP contribution is 2.43. The van der Waals surface area contributed by atoms with Gasteiger partial charge in [0.05, 0.1) is 13.0 Å². The number of hydrogen-bond donors (Lipinski definition) is 1. The number of nitrogens with two attached hydrogens (primary N) is 1. The van der Waals surface area contributed by atoms with Crippen LogP contribution in [0, 0.1) is 5.82 Å². The first-order chi connectivity index (χ1) is 11.0. The van der Waals surface area contributed by atoms with Crippen LogP contribution in [0.5, 0.6) is 0 Å². The van der Waals surface area contributed by atoms with Crippen molar-refractivity contribution in [3.8, 4) is 0 Å². The first-order valence-electron chi connectivity index (χ1n) is 7.30. The molecule has 5 nitrogen and oxygen atoms in total. The molecule has 120 valence electrons. The smallest absolute Gasteiger partial charge is 0.340 e. The normalized spacial score (nSPS) is 21.0. The van der Waals surface area contributed by atoms with Gasteiger partial charge in [-0.3, -0.25) is 4.79 Å². The lowest BCUT2D eigenvalue weighted by Crippen LogP contribution is -2.31. The summed E-state index contributed by atoms with van der Waals surface area (Å²) in [6.45, 7) is 0. The topological polar surface area (TPSA) is 78.6 Å². The molecule has 0 unspecified atom stereocenters. The van der Waals surface area contributed by atoms with Gasteiger partial charge in [0.1, 0.15) is 17.1 Å². The third-order valence-electron chi connectivity index (χ3n) is 4.09. The minimum absolute atomic E-state index is 0.0698. The van der Waals surface area contributed by atoms with E-state index >= 15 is 0 Å². The Bertz CT molecular complexity index is 733. The summed E-state index contributed by atoms with van der Waals surface area (Å²) in [7, 11) is 1.23. The Morgan fingerprint density at radius 3 is 2.65 bits per heavy atom. The van der Waals surface area contributed by atoms with E-state index in [2.05, 4.69) is 0 Å². The highest BCUT2D eigenvalue weighted by atomic mass is 19.1. The van der Waals surface area contributed by atoms with Crippen LogP contribution in [0.4, 0.5) is 4.39 Å². The predicted octanol–water partition coefficient (Wildman–Crippen LogP) is 2.29. The maximum atomic E-state index is 13.2. The molecule has 23 heavy (non-hydrogen) atoms. The summed E-state index contributed by atoms with van der Waals surface area (Å²) < 4.78 is 23.5. The monoisotopic (exact) mass is 317 g/mol. The fourth-order valence-corrected chi connectivity index (χ4v) is 3.05. The van der Waals surface area contributed by atoms with E-state index in [0.29, 0.717) is 36.2 Å². The van der Waals surface area contributed by atoms with Crippen LogP contribution in [0.1, 0.15) is 30.7 Å². The average molecular weight is 317 g/mol. The molecule has 1 aromatic carbocycles. The quantitative estimate of drug-likeness (QED) is 0.847. The van der Waals surface area contributed by atoms with Crippen LogP contribution in [-0.4, -0.2) is 18.9 Å². The van der Waals surface area contributed by atoms with Crippen LogP contribution in [0.15, 0.2) is 47.1 Å². The van der Waals surface area contributed by atoms with Gasteiger partial charge in [0.15, 0.2) is 5.78 Å². The number of ketones is 1. The van der Waals surface area contributed by atoms with Crippen molar-refractivity contribution in [3.05, 3.63) is 58.4 Å². The Labute approximate surface area is 132 Å². The highest BCUT2D eigenvalue weighted by molar-refractivity contribution is 6.03. The third kappa shape index (κ3) is 2.60. The van der Waals surface area contributed by atoms with Crippen molar-refractivity contribution < 1.29 is 23.5 Å². The number of benzene rings is 1. The number of methoxy groups -OCH3 is 1. The standard InChI is InChI=1S/C17H16FNO4/c1-22-17(21)15-13(9-5-7-10(18)8-6-9)14-11(20)3-2-4-12(14)23-16(15)19/h5-8,13H,2-4,19H2,1H3/t13-/m0/s1. The Balaban J connectivity index is 2.18. The second-order valence-electron chi connectivity index (χ2n) is 5.47. The molecule has 1 atom stereocenters. The molecule has 0 radical (unpaired) electrons. The van der Waals surface area contributed by atoms with E-state index in [4.69, 9.17) is 15.2 Å². The van der Waals surface area contributed by atoms with Crippen molar-refractivity contribution in [2.24, 2.45) is 5.73 Å². The van der Waals surface area contributed by atoms with Gasteiger partial charge in [0.25, 0.3) is 0 Å². The van der Waals surface area contributed by atoms with Crippen molar-refractivity contribution in [2.75, 3.05) is 7.11 Å². The summed E-state index contributed by atoms with van der Waals surface area (Å²) in [5.41, 5.74) is 6.99. The molecule has 2 aliphatic rings. The number of ether oxygens (including phenoxy) is 2. The molecule has 0 fully saturated rings. The average Bonchev–Trinajstić information content (AvgIpc) is 2.54. The molecular formula is C17H16FNO4. The molecule has 2 N–H and O–H groups in total. The molecule has 0 spiro atoms. The maximum Gasteiger partial charge on any atom is 0.340 e. The van der Waals surface area contributed by atoms with Crippen LogP contribution in [0.3, 0.4) is 0 Å². The fraction of sp³-hybridized carbons (Fsp3) is 0.294. The molecule has 0 aromatic heterocycles. The van der Waals surface area contributed by atoms with Gasteiger partial charge in [-0.1, -0.05) is 12.1 Å². The Kier molecular flexibility index (Phi) is 3.90.